The van der Waals surface area contributed by atoms with E-state index in [9.17, 15) is 9.00 Å². The highest BCUT2D eigenvalue weighted by atomic mass is 32.3. The minimum absolute atomic E-state index is 1.19. The van der Waals surface area contributed by atoms with Crippen LogP contribution in [0.1, 0.15) is 0 Å². The van der Waals surface area contributed by atoms with Gasteiger partial charge in [-0.25, -0.2) is 13.7 Å². The molecule has 0 radical (unpaired) electrons. The number of primary amides is 1. The molecule has 0 aliphatic rings. The first kappa shape index (κ1) is 7.34. The zero-order valence-corrected chi connectivity index (χ0v) is 4.63. The fourth-order valence-corrected chi connectivity index (χ4v) is 0.431. The molecule has 6 nitrogen and oxygen atoms in total. The maximum absolute atomic E-state index is 9.72. The lowest BCUT2D eigenvalue weighted by Gasteiger charge is -2.08. The first-order chi connectivity index (χ1) is 3.42. The van der Waals surface area contributed by atoms with E-state index < -0.39 is 16.7 Å². The van der Waals surface area contributed by atoms with E-state index in [1.54, 1.807) is 0 Å². The van der Waals surface area contributed by atoms with Crippen molar-refractivity contribution in [2.45, 2.75) is 0 Å². The van der Waals surface area contributed by atoms with Crippen molar-refractivity contribution < 1.29 is 18.1 Å². The van der Waals surface area contributed by atoms with E-state index in [1.807, 2.05) is 0 Å². The number of thiol groups is 1. The molecule has 0 aromatic heterocycles. The second-order valence-corrected chi connectivity index (χ2v) is 2.33. The molecule has 0 unspecified atom stereocenters. The van der Waals surface area contributed by atoms with Crippen LogP contribution in [0.3, 0.4) is 0 Å². The maximum atomic E-state index is 9.72. The van der Waals surface area contributed by atoms with Gasteiger partial charge in [-0.2, -0.15) is 0 Å². The summed E-state index contributed by atoms with van der Waals surface area (Å²) in [5, 5.41) is 0. The fraction of sp³-hybridized carbons (Fsp3) is 0. The summed E-state index contributed by atoms with van der Waals surface area (Å²) < 4.78 is 26.7. The molecule has 8 heavy (non-hydrogen) atoms. The van der Waals surface area contributed by atoms with Gasteiger partial charge in [0.05, 0.1) is 0 Å². The normalized spacial score (nSPS) is 12.8. The van der Waals surface area contributed by atoms with Crippen LogP contribution in [0.4, 0.5) is 4.79 Å². The van der Waals surface area contributed by atoms with Gasteiger partial charge < -0.3 is 5.73 Å². The smallest absolute Gasteiger partial charge is 0.325 e. The molecule has 0 aromatic rings. The first-order valence-electron chi connectivity index (χ1n) is 1.55. The third-order valence-corrected chi connectivity index (χ3v) is 0.768. The van der Waals surface area contributed by atoms with Crippen LogP contribution in [0.5, 0.6) is 0 Å². The van der Waals surface area contributed by atoms with Crippen LogP contribution in [0.15, 0.2) is 0 Å². The van der Waals surface area contributed by atoms with Crippen molar-refractivity contribution in [3.8, 4) is 0 Å². The highest BCUT2D eigenvalue weighted by molar-refractivity contribution is 7.90. The van der Waals surface area contributed by atoms with Crippen molar-refractivity contribution in [3.63, 3.8) is 0 Å². The second-order valence-electron chi connectivity index (χ2n) is 1.02. The number of carbonyl (C=O) groups is 1. The van der Waals surface area contributed by atoms with Crippen molar-refractivity contribution in [2.24, 2.45) is 5.73 Å². The Labute approximate surface area is 46.3 Å². The largest absolute Gasteiger partial charge is 0.351 e. The Morgan fingerprint density at radius 1 is 1.62 bits per heavy atom. The van der Waals surface area contributed by atoms with Crippen molar-refractivity contribution in [1.29, 1.82) is 0 Å². The molecule has 0 rings (SSSR count). The van der Waals surface area contributed by atoms with Crippen molar-refractivity contribution in [2.75, 3.05) is 0 Å². The van der Waals surface area contributed by atoms with Crippen molar-refractivity contribution >= 4 is 16.7 Å². The Kier molecular flexibility index (Phi) is 1.90. The summed E-state index contributed by atoms with van der Waals surface area (Å²) in [4.78, 5) is 9.63. The molecule has 0 aromatic carbocycles. The molecule has 0 aliphatic carbocycles. The lowest BCUT2D eigenvalue weighted by atomic mass is 11.2. The Morgan fingerprint density at radius 2 is 2.00 bits per heavy atom. The molecule has 7 heteroatoms. The monoisotopic (exact) mass is 142 g/mol. The average molecular weight is 142 g/mol. The molecule has 2 amide bonds. The molecular formula is CH6N2O4S. The molecule has 5 N–H and O–H groups in total. The number of rotatable bonds is 1. The maximum Gasteiger partial charge on any atom is 0.325 e. The van der Waals surface area contributed by atoms with Gasteiger partial charge in [-0.3, -0.25) is 9.11 Å². The predicted octanol–water partition coefficient (Wildman–Crippen LogP) is -1.47. The average Bonchev–Trinajstić information content (AvgIpc) is 1.21. The van der Waals surface area contributed by atoms with Gasteiger partial charge >= 0.3 is 6.03 Å². The van der Waals surface area contributed by atoms with E-state index in [0.717, 1.165) is 0 Å². The number of hydrogen-bond donors (Lipinski definition) is 5. The van der Waals surface area contributed by atoms with E-state index >= 15 is 0 Å². The zero-order valence-electron chi connectivity index (χ0n) is 3.74. The molecule has 0 atom stereocenters. The molecular weight excluding hydrogens is 136 g/mol. The molecule has 50 valence electrons. The number of nitrogens with one attached hydrogen (secondary N) is 1. The lowest BCUT2D eigenvalue weighted by molar-refractivity contribution is 0.251. The third-order valence-electron chi connectivity index (χ3n) is 0.256. The van der Waals surface area contributed by atoms with E-state index in [1.165, 1.54) is 4.72 Å². The van der Waals surface area contributed by atoms with Gasteiger partial charge in [-0.15, -0.1) is 0 Å². The molecule has 0 bridgehead atoms. The van der Waals surface area contributed by atoms with Crippen LogP contribution in [-0.2, 0) is 10.7 Å². The van der Waals surface area contributed by atoms with Crippen LogP contribution < -0.4 is 10.5 Å². The quantitative estimate of drug-likeness (QED) is 0.288. The Balaban J connectivity index is 3.74. The van der Waals surface area contributed by atoms with Gasteiger partial charge in [-0.1, -0.05) is 0 Å². The van der Waals surface area contributed by atoms with Gasteiger partial charge in [-0.05, 0) is 0 Å². The summed E-state index contributed by atoms with van der Waals surface area (Å²) in [5.74, 6) is 0. The highest BCUT2D eigenvalue weighted by Gasteiger charge is 2.02. The van der Waals surface area contributed by atoms with Crippen molar-refractivity contribution in [3.05, 3.63) is 0 Å². The predicted molar refractivity (Wildman–Crippen MR) is 27.5 cm³/mol. The number of carbonyl (C=O) groups excluding carboxylic acids is 1. The van der Waals surface area contributed by atoms with Crippen LogP contribution in [0.25, 0.3) is 0 Å². The summed E-state index contributed by atoms with van der Waals surface area (Å²) in [6.07, 6.45) is 0. The molecule has 0 fully saturated rings. The lowest BCUT2D eigenvalue weighted by Crippen LogP contribution is -2.38. The standard InChI is InChI=1S/CH6N2O4S/c2-1(4)3-8(5,6)7/h8H,(H5,2,3,4,5,6,7). The summed E-state index contributed by atoms with van der Waals surface area (Å²) in [7, 11) is -4.45. The second kappa shape index (κ2) is 2.07. The van der Waals surface area contributed by atoms with Gasteiger partial charge in [0.2, 0.25) is 0 Å². The van der Waals surface area contributed by atoms with Crippen LogP contribution in [-0.4, -0.2) is 19.3 Å². The molecule has 0 spiro atoms. The van der Waals surface area contributed by atoms with Gasteiger partial charge in [0.1, 0.15) is 0 Å². The van der Waals surface area contributed by atoms with E-state index in [0.29, 0.717) is 0 Å². The van der Waals surface area contributed by atoms with Crippen LogP contribution in [0.2, 0.25) is 0 Å². The minimum atomic E-state index is -4.45. The van der Waals surface area contributed by atoms with Crippen LogP contribution in [0, 0.1) is 0 Å². The van der Waals surface area contributed by atoms with E-state index in [2.05, 4.69) is 5.73 Å². The highest BCUT2D eigenvalue weighted by Crippen LogP contribution is 1.78. The number of nitrogens with two attached hydrogens (primary N) is 1. The summed E-state index contributed by atoms with van der Waals surface area (Å²) in [5.41, 5.74) is 4.34. The molecule has 0 saturated heterocycles. The topological polar surface area (TPSA) is 113 Å². The Hall–Kier alpha value is -0.660. The third kappa shape index (κ3) is 5.34. The number of hydrogen-bond acceptors (Lipinski definition) is 2. The zero-order chi connectivity index (χ0) is 6.78. The molecule has 0 heterocycles. The first-order valence-corrected chi connectivity index (χ1v) is 3.16. The summed E-state index contributed by atoms with van der Waals surface area (Å²) >= 11 is 0. The number of amides is 2. The Bertz CT molecular complexity index is 137. The fourth-order valence-electron chi connectivity index (χ4n) is 0.144. The molecule has 0 aliphatic heterocycles. The SMILES string of the molecule is NC(=O)N[SH](=O)(O)O. The van der Waals surface area contributed by atoms with Gasteiger partial charge in [0.25, 0.3) is 0 Å². The van der Waals surface area contributed by atoms with E-state index in [-0.39, 0.29) is 0 Å². The van der Waals surface area contributed by atoms with Crippen LogP contribution >= 0.6 is 0 Å². The minimum Gasteiger partial charge on any atom is -0.351 e. The van der Waals surface area contributed by atoms with E-state index in [4.69, 9.17) is 9.11 Å². The summed E-state index contributed by atoms with van der Waals surface area (Å²) in [6, 6.07) is -1.24. The number of urea groups is 1. The Morgan fingerprint density at radius 3 is 2.00 bits per heavy atom. The molecule has 0 saturated carbocycles. The van der Waals surface area contributed by atoms with Gasteiger partial charge in [0.15, 0.2) is 10.7 Å². The summed E-state index contributed by atoms with van der Waals surface area (Å²) in [6.45, 7) is 0. The van der Waals surface area contributed by atoms with Gasteiger partial charge in [0, 0.05) is 0 Å². The van der Waals surface area contributed by atoms with Crippen molar-refractivity contribution in [1.82, 2.24) is 4.72 Å².